The minimum Gasteiger partial charge on any atom is -0.479 e. The third-order valence-electron chi connectivity index (χ3n) is 2.87. The number of anilines is 2. The highest BCUT2D eigenvalue weighted by molar-refractivity contribution is 5.78. The molecule has 6 nitrogen and oxygen atoms in total. The van der Waals surface area contributed by atoms with E-state index in [1.54, 1.807) is 31.2 Å². The second-order valence-electron chi connectivity index (χ2n) is 4.21. The Labute approximate surface area is 113 Å². The maximum atomic E-state index is 14.0. The van der Waals surface area contributed by atoms with Gasteiger partial charge in [-0.1, -0.05) is 12.1 Å². The Balaban J connectivity index is 2.07. The van der Waals surface area contributed by atoms with Crippen LogP contribution < -0.4 is 10.1 Å². The number of aryl methyl sites for hydroxylation is 1. The number of ether oxygens (including phenoxy) is 1. The van der Waals surface area contributed by atoms with Crippen molar-refractivity contribution in [1.82, 2.24) is 15.3 Å². The number of aromatic nitrogens is 3. The zero-order chi connectivity index (χ0) is 14.1. The molecule has 1 aromatic carbocycles. The highest BCUT2D eigenvalue weighted by atomic mass is 19.1. The Kier molecular flexibility index (Phi) is 2.94. The molecule has 0 aliphatic carbocycles. The van der Waals surface area contributed by atoms with E-state index in [1.165, 1.54) is 7.11 Å². The summed E-state index contributed by atoms with van der Waals surface area (Å²) in [4.78, 5) is 4.13. The van der Waals surface area contributed by atoms with Gasteiger partial charge >= 0.3 is 0 Å². The number of nitrogens with zero attached hydrogens (tertiary/aromatic N) is 3. The maximum Gasteiger partial charge on any atom is 0.239 e. The molecule has 3 rings (SSSR count). The third-order valence-corrected chi connectivity index (χ3v) is 2.87. The summed E-state index contributed by atoms with van der Waals surface area (Å²) in [7, 11) is 1.47. The van der Waals surface area contributed by atoms with Crippen molar-refractivity contribution >= 4 is 22.5 Å². The van der Waals surface area contributed by atoms with E-state index in [4.69, 9.17) is 4.74 Å². The molecule has 3 aromatic rings. The van der Waals surface area contributed by atoms with Crippen molar-refractivity contribution in [1.29, 1.82) is 0 Å². The van der Waals surface area contributed by atoms with Gasteiger partial charge in [0.05, 0.1) is 12.8 Å². The summed E-state index contributed by atoms with van der Waals surface area (Å²) in [6.45, 7) is 1.70. The fourth-order valence-electron chi connectivity index (χ4n) is 1.85. The molecule has 0 aliphatic rings. The van der Waals surface area contributed by atoms with Crippen LogP contribution in [0.2, 0.25) is 0 Å². The summed E-state index contributed by atoms with van der Waals surface area (Å²) in [5, 5.41) is 10.3. The Morgan fingerprint density at radius 1 is 1.25 bits per heavy atom. The molecule has 0 fully saturated rings. The summed E-state index contributed by atoms with van der Waals surface area (Å²) in [5.74, 6) is -0.0398. The van der Waals surface area contributed by atoms with Crippen LogP contribution in [-0.2, 0) is 0 Å². The first-order valence-corrected chi connectivity index (χ1v) is 5.88. The van der Waals surface area contributed by atoms with Crippen LogP contribution in [0.4, 0.5) is 15.8 Å². The van der Waals surface area contributed by atoms with Gasteiger partial charge in [0.15, 0.2) is 5.52 Å². The summed E-state index contributed by atoms with van der Waals surface area (Å²) in [5.41, 5.74) is 2.16. The molecule has 1 N–H and O–H groups in total. The van der Waals surface area contributed by atoms with Crippen molar-refractivity contribution in [3.63, 3.8) is 0 Å². The molecule has 2 aromatic heterocycles. The number of nitrogens with one attached hydrogen (secondary N) is 1. The summed E-state index contributed by atoms with van der Waals surface area (Å²) < 4.78 is 23.8. The lowest BCUT2D eigenvalue weighted by Gasteiger charge is -2.11. The van der Waals surface area contributed by atoms with Crippen molar-refractivity contribution in [3.05, 3.63) is 35.6 Å². The highest BCUT2D eigenvalue weighted by Crippen LogP contribution is 2.30. The number of benzene rings is 1. The molecule has 7 heteroatoms. The molecule has 0 saturated heterocycles. The fraction of sp³-hybridized carbons (Fsp3) is 0.154. The average Bonchev–Trinajstić information content (AvgIpc) is 2.90. The van der Waals surface area contributed by atoms with Crippen LogP contribution >= 0.6 is 0 Å². The second-order valence-corrected chi connectivity index (χ2v) is 4.21. The van der Waals surface area contributed by atoms with Gasteiger partial charge in [-0.2, -0.15) is 4.98 Å². The lowest BCUT2D eigenvalue weighted by Crippen LogP contribution is -2.00. The van der Waals surface area contributed by atoms with Gasteiger partial charge in [0.1, 0.15) is 11.5 Å². The first kappa shape index (κ1) is 12.3. The van der Waals surface area contributed by atoms with E-state index in [0.717, 1.165) is 0 Å². The van der Waals surface area contributed by atoms with Crippen LogP contribution in [0.3, 0.4) is 0 Å². The summed E-state index contributed by atoms with van der Waals surface area (Å²) in [6.07, 6.45) is 0. The number of hydrogen-bond acceptors (Lipinski definition) is 6. The van der Waals surface area contributed by atoms with Crippen LogP contribution in [0.15, 0.2) is 28.9 Å². The number of hydrogen-bond donors (Lipinski definition) is 1. The van der Waals surface area contributed by atoms with Crippen molar-refractivity contribution in [2.45, 2.75) is 6.92 Å². The Bertz CT molecular complexity index is 772. The number of fused-ring (bicyclic) bond motifs is 1. The van der Waals surface area contributed by atoms with Crippen LogP contribution in [0.1, 0.15) is 5.56 Å². The Morgan fingerprint density at radius 3 is 2.90 bits per heavy atom. The van der Waals surface area contributed by atoms with Gasteiger partial charge in [0, 0.05) is 6.07 Å². The van der Waals surface area contributed by atoms with Gasteiger partial charge in [-0.25, -0.2) is 9.02 Å². The lowest BCUT2D eigenvalue weighted by molar-refractivity contribution is 0.314. The molecule has 102 valence electrons. The number of methoxy groups -OCH3 is 1. The Hall–Kier alpha value is -2.70. The van der Waals surface area contributed by atoms with Gasteiger partial charge in [-0.15, -0.1) is 0 Å². The molecule has 0 spiro atoms. The molecule has 0 bridgehead atoms. The van der Waals surface area contributed by atoms with Gasteiger partial charge < -0.3 is 10.1 Å². The molecule has 0 atom stereocenters. The van der Waals surface area contributed by atoms with Gasteiger partial charge in [-0.05, 0) is 28.9 Å². The third kappa shape index (κ3) is 2.03. The van der Waals surface area contributed by atoms with Gasteiger partial charge in [-0.3, -0.25) is 0 Å². The van der Waals surface area contributed by atoms with Crippen LogP contribution in [-0.4, -0.2) is 22.4 Å². The monoisotopic (exact) mass is 274 g/mol. The molecular formula is C13H11FN4O2. The SMILES string of the molecule is COc1nc2nonc2cc1Nc1cccc(C)c1F. The van der Waals surface area contributed by atoms with Crippen LogP contribution in [0.25, 0.3) is 11.2 Å². The standard InChI is InChI=1S/C13H11FN4O2/c1-7-4-3-5-8(11(7)14)15-10-6-9-12(18-20-17-9)16-13(10)19-2/h3-6,15H,1-2H3. The number of rotatable bonds is 3. The molecule has 0 radical (unpaired) electrons. The lowest BCUT2D eigenvalue weighted by atomic mass is 10.2. The fourth-order valence-corrected chi connectivity index (χ4v) is 1.85. The van der Waals surface area contributed by atoms with Crippen molar-refractivity contribution in [2.75, 3.05) is 12.4 Å². The Morgan fingerprint density at radius 2 is 2.10 bits per heavy atom. The van der Waals surface area contributed by atoms with Gasteiger partial charge in [0.25, 0.3) is 0 Å². The molecule has 0 saturated carbocycles. The van der Waals surface area contributed by atoms with E-state index >= 15 is 0 Å². The first-order chi connectivity index (χ1) is 9.69. The predicted molar refractivity (Wildman–Crippen MR) is 70.6 cm³/mol. The normalized spacial score (nSPS) is 10.8. The van der Waals surface area contributed by atoms with E-state index in [0.29, 0.717) is 28.1 Å². The van der Waals surface area contributed by atoms with Gasteiger partial charge in [0.2, 0.25) is 11.5 Å². The average molecular weight is 274 g/mol. The number of halogens is 1. The minimum atomic E-state index is -0.326. The van der Waals surface area contributed by atoms with Crippen molar-refractivity contribution in [3.8, 4) is 5.88 Å². The van der Waals surface area contributed by atoms with E-state index in [2.05, 4.69) is 25.2 Å². The molecule has 0 aliphatic heterocycles. The number of pyridine rings is 1. The zero-order valence-electron chi connectivity index (χ0n) is 10.8. The van der Waals surface area contributed by atoms with Crippen LogP contribution in [0.5, 0.6) is 5.88 Å². The largest absolute Gasteiger partial charge is 0.479 e. The first-order valence-electron chi connectivity index (χ1n) is 5.88. The van der Waals surface area contributed by atoms with E-state index in [-0.39, 0.29) is 11.7 Å². The molecule has 0 unspecified atom stereocenters. The van der Waals surface area contributed by atoms with E-state index in [1.807, 2.05) is 0 Å². The molecular weight excluding hydrogens is 263 g/mol. The topological polar surface area (TPSA) is 73.1 Å². The summed E-state index contributed by atoms with van der Waals surface area (Å²) in [6, 6.07) is 6.73. The smallest absolute Gasteiger partial charge is 0.239 e. The van der Waals surface area contributed by atoms with Crippen molar-refractivity contribution < 1.29 is 13.8 Å². The molecule has 0 amide bonds. The highest BCUT2D eigenvalue weighted by Gasteiger charge is 2.13. The van der Waals surface area contributed by atoms with E-state index in [9.17, 15) is 4.39 Å². The quantitative estimate of drug-likeness (QED) is 0.791. The van der Waals surface area contributed by atoms with Crippen LogP contribution in [0, 0.1) is 12.7 Å². The van der Waals surface area contributed by atoms with Crippen molar-refractivity contribution in [2.24, 2.45) is 0 Å². The minimum absolute atomic E-state index is 0.286. The predicted octanol–water partition coefficient (Wildman–Crippen LogP) is 2.82. The molecule has 2 heterocycles. The summed E-state index contributed by atoms with van der Waals surface area (Å²) >= 11 is 0. The maximum absolute atomic E-state index is 14.0. The zero-order valence-corrected chi connectivity index (χ0v) is 10.8. The van der Waals surface area contributed by atoms with E-state index < -0.39 is 0 Å². The molecule has 20 heavy (non-hydrogen) atoms. The second kappa shape index (κ2) is 4.76.